The number of carbonyl (C=O) groups excluding carboxylic acids is 2. The van der Waals surface area contributed by atoms with Crippen LogP contribution in [0.25, 0.3) is 10.4 Å². The molecule has 0 aliphatic carbocycles. The lowest BCUT2D eigenvalue weighted by atomic mass is 10.1. The molecule has 8 nitrogen and oxygen atoms in total. The maximum absolute atomic E-state index is 14.1. The summed E-state index contributed by atoms with van der Waals surface area (Å²) in [4.78, 5) is 35.5. The molecule has 3 rings (SSSR count). The van der Waals surface area contributed by atoms with Gasteiger partial charge in [0.1, 0.15) is 11.5 Å². The Balaban J connectivity index is 2.15. The van der Waals surface area contributed by atoms with Crippen LogP contribution in [0.4, 0.5) is 19.0 Å². The van der Waals surface area contributed by atoms with Crippen molar-refractivity contribution in [3.63, 3.8) is 0 Å². The molecule has 0 bridgehead atoms. The summed E-state index contributed by atoms with van der Waals surface area (Å²) in [5, 5.41) is 14.1. The number of aliphatic hydroxyl groups excluding tert-OH is 1. The minimum absolute atomic E-state index is 0.0371. The number of pyridine rings is 1. The summed E-state index contributed by atoms with van der Waals surface area (Å²) in [6, 6.07) is 0.811. The van der Waals surface area contributed by atoms with Gasteiger partial charge in [0.2, 0.25) is 0 Å². The number of thiazole rings is 1. The Kier molecular flexibility index (Phi) is 7.51. The van der Waals surface area contributed by atoms with E-state index in [1.807, 2.05) is 6.92 Å². The van der Waals surface area contributed by atoms with Crippen LogP contribution in [0.3, 0.4) is 0 Å². The smallest absolute Gasteiger partial charge is 0.395 e. The third-order valence-electron chi connectivity index (χ3n) is 5.19. The highest BCUT2D eigenvalue weighted by atomic mass is 32.1. The lowest BCUT2D eigenvalue weighted by Gasteiger charge is -2.23. The number of nitrogens with zero attached hydrogens (tertiary/aromatic N) is 3. The third-order valence-corrected chi connectivity index (χ3v) is 6.28. The summed E-state index contributed by atoms with van der Waals surface area (Å²) < 4.78 is 42.3. The van der Waals surface area contributed by atoms with Gasteiger partial charge in [-0.2, -0.15) is 13.2 Å². The molecule has 34 heavy (non-hydrogen) atoms. The quantitative estimate of drug-likeness (QED) is 0.559. The first-order valence-corrected chi connectivity index (χ1v) is 11.7. The normalized spacial score (nSPS) is 16.6. The Morgan fingerprint density at radius 2 is 2.00 bits per heavy atom. The Hall–Kier alpha value is -2.73. The first-order valence-electron chi connectivity index (χ1n) is 10.9. The first-order chi connectivity index (χ1) is 15.8. The van der Waals surface area contributed by atoms with Gasteiger partial charge >= 0.3 is 6.18 Å². The fraction of sp³-hybridized carbons (Fsp3) is 0.545. The van der Waals surface area contributed by atoms with E-state index in [0.717, 1.165) is 25.1 Å². The van der Waals surface area contributed by atoms with Gasteiger partial charge in [0.25, 0.3) is 11.8 Å². The summed E-state index contributed by atoms with van der Waals surface area (Å²) >= 11 is 0.696. The maximum Gasteiger partial charge on any atom is 0.417 e. The van der Waals surface area contributed by atoms with Crippen molar-refractivity contribution in [3.8, 4) is 10.4 Å². The number of alkyl halides is 3. The lowest BCUT2D eigenvalue weighted by molar-refractivity contribution is -0.137. The molecule has 3 heterocycles. The summed E-state index contributed by atoms with van der Waals surface area (Å²) in [6.07, 6.45) is -2.13. The Morgan fingerprint density at radius 3 is 2.56 bits per heavy atom. The molecule has 0 saturated carbocycles. The molecule has 186 valence electrons. The minimum atomic E-state index is -4.74. The molecule has 3 N–H and O–H groups in total. The second-order valence-electron chi connectivity index (χ2n) is 9.15. The molecular formula is C22H28F3N5O3S. The molecule has 1 aliphatic rings. The van der Waals surface area contributed by atoms with Gasteiger partial charge in [-0.25, -0.2) is 9.97 Å². The van der Waals surface area contributed by atoms with Crippen LogP contribution in [-0.2, 0) is 6.18 Å². The van der Waals surface area contributed by atoms with Crippen LogP contribution in [0.15, 0.2) is 12.3 Å². The number of amides is 2. The van der Waals surface area contributed by atoms with Crippen LogP contribution in [0.5, 0.6) is 0 Å². The van der Waals surface area contributed by atoms with Gasteiger partial charge in [0, 0.05) is 36.4 Å². The highest BCUT2D eigenvalue weighted by Crippen LogP contribution is 2.42. The van der Waals surface area contributed by atoms with E-state index < -0.39 is 29.1 Å². The Morgan fingerprint density at radius 1 is 1.29 bits per heavy atom. The van der Waals surface area contributed by atoms with Crippen molar-refractivity contribution in [1.82, 2.24) is 20.2 Å². The zero-order chi connectivity index (χ0) is 25.3. The number of rotatable bonds is 6. The molecule has 2 aromatic rings. The van der Waals surface area contributed by atoms with E-state index in [9.17, 15) is 22.8 Å². The highest BCUT2D eigenvalue weighted by Gasteiger charge is 2.38. The van der Waals surface area contributed by atoms with Crippen LogP contribution in [0.1, 0.15) is 66.4 Å². The number of aromatic nitrogens is 2. The summed E-state index contributed by atoms with van der Waals surface area (Å²) in [7, 11) is 0. The zero-order valence-electron chi connectivity index (χ0n) is 19.4. The van der Waals surface area contributed by atoms with Crippen molar-refractivity contribution < 1.29 is 27.9 Å². The van der Waals surface area contributed by atoms with Crippen LogP contribution < -0.4 is 10.6 Å². The summed E-state index contributed by atoms with van der Waals surface area (Å²) in [5.74, 6) is -1.17. The number of anilines is 1. The van der Waals surface area contributed by atoms with E-state index >= 15 is 0 Å². The minimum Gasteiger partial charge on any atom is -0.395 e. The maximum atomic E-state index is 14.1. The van der Waals surface area contributed by atoms with Gasteiger partial charge in [-0.05, 0) is 46.6 Å². The van der Waals surface area contributed by atoms with Crippen molar-refractivity contribution >= 4 is 29.0 Å². The molecule has 1 atom stereocenters. The van der Waals surface area contributed by atoms with Gasteiger partial charge in [-0.3, -0.25) is 9.59 Å². The fourth-order valence-electron chi connectivity index (χ4n) is 3.68. The number of carbonyl (C=O) groups is 2. The fourth-order valence-corrected chi connectivity index (χ4v) is 4.68. The number of aliphatic hydroxyl groups is 1. The molecule has 1 saturated heterocycles. The van der Waals surface area contributed by atoms with Gasteiger partial charge in [-0.15, -0.1) is 11.3 Å². The van der Waals surface area contributed by atoms with Crippen LogP contribution in [0, 0.1) is 0 Å². The standard InChI is InChI=1S/C22H28F3N5O3S/c1-12-6-5-8-30(12)20(33)16-17(34-19(28-16)18(32)26-7-9-31)13-11-27-15(29-21(2,3)4)10-14(13)22(23,24)25/h10-12,31H,5-9H2,1-4H3,(H,26,32)(H,27,29)/t12-/m0/s1. The van der Waals surface area contributed by atoms with E-state index in [0.29, 0.717) is 17.9 Å². The second-order valence-corrected chi connectivity index (χ2v) is 10.2. The topological polar surface area (TPSA) is 107 Å². The van der Waals surface area contributed by atoms with Crippen LogP contribution >= 0.6 is 11.3 Å². The van der Waals surface area contributed by atoms with Crippen molar-refractivity contribution in [2.24, 2.45) is 0 Å². The van der Waals surface area contributed by atoms with Crippen molar-refractivity contribution in [2.45, 2.75) is 58.3 Å². The number of hydrogen-bond donors (Lipinski definition) is 3. The van der Waals surface area contributed by atoms with E-state index in [1.165, 1.54) is 0 Å². The van der Waals surface area contributed by atoms with Crippen molar-refractivity contribution in [3.05, 3.63) is 28.5 Å². The zero-order valence-corrected chi connectivity index (χ0v) is 20.2. The van der Waals surface area contributed by atoms with E-state index in [1.54, 1.807) is 25.7 Å². The second kappa shape index (κ2) is 9.87. The van der Waals surface area contributed by atoms with E-state index in [-0.39, 0.29) is 46.2 Å². The largest absolute Gasteiger partial charge is 0.417 e. The Labute approximate surface area is 199 Å². The van der Waals surface area contributed by atoms with Gasteiger partial charge in [0.05, 0.1) is 17.0 Å². The average molecular weight is 500 g/mol. The number of halogens is 3. The Bertz CT molecular complexity index is 1070. The lowest BCUT2D eigenvalue weighted by Crippen LogP contribution is -2.34. The predicted molar refractivity (Wildman–Crippen MR) is 123 cm³/mol. The van der Waals surface area contributed by atoms with E-state index in [2.05, 4.69) is 20.6 Å². The highest BCUT2D eigenvalue weighted by molar-refractivity contribution is 7.17. The number of hydrogen-bond acceptors (Lipinski definition) is 7. The molecule has 2 amide bonds. The van der Waals surface area contributed by atoms with Gasteiger partial charge in [0.15, 0.2) is 5.01 Å². The molecular weight excluding hydrogens is 471 g/mol. The summed E-state index contributed by atoms with van der Waals surface area (Å²) in [5.41, 5.74) is -2.03. The molecule has 1 aliphatic heterocycles. The van der Waals surface area contributed by atoms with E-state index in [4.69, 9.17) is 5.11 Å². The molecule has 0 aromatic carbocycles. The number of nitrogens with one attached hydrogen (secondary N) is 2. The van der Waals surface area contributed by atoms with Gasteiger partial charge in [-0.1, -0.05) is 0 Å². The SMILES string of the molecule is C[C@H]1CCCN1C(=O)c1nc(C(=O)NCCO)sc1-c1cnc(NC(C)(C)C)cc1C(F)(F)F. The van der Waals surface area contributed by atoms with Crippen molar-refractivity contribution in [2.75, 3.05) is 25.0 Å². The number of likely N-dealkylation sites (tertiary alicyclic amines) is 1. The third kappa shape index (κ3) is 5.84. The average Bonchev–Trinajstić information content (AvgIpc) is 3.36. The molecule has 0 radical (unpaired) electrons. The van der Waals surface area contributed by atoms with Gasteiger partial charge < -0.3 is 20.6 Å². The first kappa shape index (κ1) is 25.9. The van der Waals surface area contributed by atoms with Crippen LogP contribution in [0.2, 0.25) is 0 Å². The molecule has 2 aromatic heterocycles. The van der Waals surface area contributed by atoms with Crippen molar-refractivity contribution in [1.29, 1.82) is 0 Å². The predicted octanol–water partition coefficient (Wildman–Crippen LogP) is 3.78. The molecule has 1 fully saturated rings. The molecule has 12 heteroatoms. The molecule has 0 spiro atoms. The van der Waals surface area contributed by atoms with Crippen LogP contribution in [-0.4, -0.2) is 63.1 Å². The summed E-state index contributed by atoms with van der Waals surface area (Å²) in [6.45, 7) is 7.34. The molecule has 0 unspecified atom stereocenters. The monoisotopic (exact) mass is 499 g/mol.